The molecule has 0 fully saturated rings. The number of anilines is 2. The zero-order chi connectivity index (χ0) is 19.1. The molecule has 0 N–H and O–H groups in total. The molecule has 0 bridgehead atoms. The molecule has 0 aliphatic heterocycles. The summed E-state index contributed by atoms with van der Waals surface area (Å²) in [7, 11) is 3.86. The fourth-order valence-electron chi connectivity index (χ4n) is 2.49. The fraction of sp³-hybridized carbons (Fsp3) is 0.0909. The molecule has 3 aromatic carbocycles. The van der Waals surface area contributed by atoms with Crippen molar-refractivity contribution < 1.29 is 0 Å². The third-order valence-corrected chi connectivity index (χ3v) is 4.54. The lowest BCUT2D eigenvalue weighted by Crippen LogP contribution is -2.17. The summed E-state index contributed by atoms with van der Waals surface area (Å²) in [4.78, 5) is 0. The Morgan fingerprint density at radius 1 is 0.741 bits per heavy atom. The Balaban J connectivity index is 1.91. The second-order valence-corrected chi connectivity index (χ2v) is 6.87. The van der Waals surface area contributed by atoms with Crippen LogP contribution in [-0.4, -0.2) is 26.0 Å². The summed E-state index contributed by atoms with van der Waals surface area (Å²) in [6, 6.07) is 28.1. The Labute approximate surface area is 168 Å². The van der Waals surface area contributed by atoms with E-state index in [-0.39, 0.29) is 0 Å². The number of hydrazone groups is 2. The molecule has 0 spiro atoms. The molecule has 0 saturated carbocycles. The summed E-state index contributed by atoms with van der Waals surface area (Å²) < 4.78 is 1.03. The average Bonchev–Trinajstić information content (AvgIpc) is 2.72. The monoisotopic (exact) mass is 420 g/mol. The number of hydrogen-bond acceptors (Lipinski definition) is 4. The van der Waals surface area contributed by atoms with Crippen LogP contribution in [0, 0.1) is 0 Å². The summed E-state index contributed by atoms with van der Waals surface area (Å²) in [6.45, 7) is 0. The van der Waals surface area contributed by atoms with E-state index in [1.54, 1.807) is 6.21 Å². The minimum Gasteiger partial charge on any atom is -0.269 e. The van der Waals surface area contributed by atoms with E-state index in [1.165, 1.54) is 0 Å². The average molecular weight is 421 g/mol. The maximum atomic E-state index is 4.77. The molecule has 0 aromatic heterocycles. The SMILES string of the molecule is CN(/N=C(\C=N\N(C)c1ccccc1)c1ccc(Br)cc1)c1ccccc1. The molecule has 3 rings (SSSR count). The molecular formula is C22H21BrN4. The molecule has 4 nitrogen and oxygen atoms in total. The van der Waals surface area contributed by atoms with Crippen molar-refractivity contribution in [3.63, 3.8) is 0 Å². The van der Waals surface area contributed by atoms with Gasteiger partial charge in [-0.2, -0.15) is 10.2 Å². The predicted octanol–water partition coefficient (Wildman–Crippen LogP) is 5.41. The van der Waals surface area contributed by atoms with E-state index >= 15 is 0 Å². The Morgan fingerprint density at radius 2 is 1.26 bits per heavy atom. The molecule has 0 unspecified atom stereocenters. The molecule has 3 aromatic rings. The lowest BCUT2D eigenvalue weighted by atomic mass is 10.1. The third-order valence-electron chi connectivity index (χ3n) is 4.01. The van der Waals surface area contributed by atoms with Crippen LogP contribution in [0.1, 0.15) is 5.56 Å². The van der Waals surface area contributed by atoms with Gasteiger partial charge in [0.1, 0.15) is 5.71 Å². The van der Waals surface area contributed by atoms with E-state index in [2.05, 4.69) is 21.0 Å². The van der Waals surface area contributed by atoms with E-state index in [1.807, 2.05) is 109 Å². The van der Waals surface area contributed by atoms with Gasteiger partial charge in [-0.1, -0.05) is 64.5 Å². The fourth-order valence-corrected chi connectivity index (χ4v) is 2.76. The van der Waals surface area contributed by atoms with Gasteiger partial charge < -0.3 is 0 Å². The van der Waals surface area contributed by atoms with Crippen molar-refractivity contribution in [2.24, 2.45) is 10.2 Å². The molecule has 0 heterocycles. The van der Waals surface area contributed by atoms with E-state index < -0.39 is 0 Å². The van der Waals surface area contributed by atoms with Gasteiger partial charge in [0.25, 0.3) is 0 Å². The molecule has 5 heteroatoms. The van der Waals surface area contributed by atoms with Gasteiger partial charge in [0.15, 0.2) is 0 Å². The molecule has 0 atom stereocenters. The van der Waals surface area contributed by atoms with Gasteiger partial charge in [-0.05, 0) is 36.4 Å². The first-order valence-electron chi connectivity index (χ1n) is 8.59. The lowest BCUT2D eigenvalue weighted by molar-refractivity contribution is 1.01. The number of hydrogen-bond donors (Lipinski definition) is 0. The number of rotatable bonds is 6. The molecule has 0 saturated heterocycles. The van der Waals surface area contributed by atoms with Gasteiger partial charge >= 0.3 is 0 Å². The third kappa shape index (κ3) is 5.28. The molecule has 0 amide bonds. The van der Waals surface area contributed by atoms with Crippen LogP contribution in [0.15, 0.2) is 99.6 Å². The first-order valence-corrected chi connectivity index (χ1v) is 9.39. The number of para-hydroxylation sites is 2. The first-order chi connectivity index (χ1) is 13.1. The van der Waals surface area contributed by atoms with Crippen LogP contribution in [0.4, 0.5) is 11.4 Å². The Hall–Kier alpha value is -2.92. The van der Waals surface area contributed by atoms with E-state index in [0.717, 1.165) is 27.1 Å². The molecule has 0 radical (unpaired) electrons. The quantitative estimate of drug-likeness (QED) is 0.394. The minimum absolute atomic E-state index is 0.775. The van der Waals surface area contributed by atoms with Crippen LogP contribution < -0.4 is 10.0 Å². The zero-order valence-corrected chi connectivity index (χ0v) is 16.9. The highest BCUT2D eigenvalue weighted by atomic mass is 79.9. The smallest absolute Gasteiger partial charge is 0.111 e. The second kappa shape index (κ2) is 9.14. The molecule has 0 aliphatic carbocycles. The van der Waals surface area contributed by atoms with E-state index in [0.29, 0.717) is 0 Å². The van der Waals surface area contributed by atoms with Crippen molar-refractivity contribution in [1.82, 2.24) is 0 Å². The molecule has 136 valence electrons. The van der Waals surface area contributed by atoms with Crippen LogP contribution in [-0.2, 0) is 0 Å². The zero-order valence-electron chi connectivity index (χ0n) is 15.3. The van der Waals surface area contributed by atoms with Crippen molar-refractivity contribution in [2.75, 3.05) is 24.1 Å². The topological polar surface area (TPSA) is 31.2 Å². The largest absolute Gasteiger partial charge is 0.269 e. The van der Waals surface area contributed by atoms with Crippen molar-refractivity contribution in [3.8, 4) is 0 Å². The summed E-state index contributed by atoms with van der Waals surface area (Å²) in [5, 5.41) is 13.0. The maximum Gasteiger partial charge on any atom is 0.111 e. The molecular weight excluding hydrogens is 400 g/mol. The minimum atomic E-state index is 0.775. The van der Waals surface area contributed by atoms with Crippen LogP contribution >= 0.6 is 15.9 Å². The summed E-state index contributed by atoms with van der Waals surface area (Å²) in [5.41, 5.74) is 3.79. The van der Waals surface area contributed by atoms with Gasteiger partial charge in [-0.25, -0.2) is 0 Å². The van der Waals surface area contributed by atoms with Crippen LogP contribution in [0.2, 0.25) is 0 Å². The number of nitrogens with zero attached hydrogens (tertiary/aromatic N) is 4. The Morgan fingerprint density at radius 3 is 1.81 bits per heavy atom. The van der Waals surface area contributed by atoms with Crippen molar-refractivity contribution in [1.29, 1.82) is 0 Å². The Kier molecular flexibility index (Phi) is 6.39. The van der Waals surface area contributed by atoms with Gasteiger partial charge in [0.2, 0.25) is 0 Å². The van der Waals surface area contributed by atoms with Crippen LogP contribution in [0.25, 0.3) is 0 Å². The van der Waals surface area contributed by atoms with E-state index in [9.17, 15) is 0 Å². The van der Waals surface area contributed by atoms with E-state index in [4.69, 9.17) is 5.10 Å². The highest BCUT2D eigenvalue weighted by Crippen LogP contribution is 2.15. The van der Waals surface area contributed by atoms with Crippen LogP contribution in [0.3, 0.4) is 0 Å². The number of benzene rings is 3. The van der Waals surface area contributed by atoms with Crippen molar-refractivity contribution >= 4 is 39.2 Å². The standard InChI is InChI=1S/C22H21BrN4/c1-26(20-9-5-3-6-10-20)24-17-22(18-13-15-19(23)16-14-18)25-27(2)21-11-7-4-8-12-21/h3-17H,1-2H3/b24-17+,25-22+. The summed E-state index contributed by atoms with van der Waals surface area (Å²) in [6.07, 6.45) is 1.79. The predicted molar refractivity (Wildman–Crippen MR) is 119 cm³/mol. The second-order valence-electron chi connectivity index (χ2n) is 5.96. The highest BCUT2D eigenvalue weighted by molar-refractivity contribution is 9.10. The van der Waals surface area contributed by atoms with Crippen molar-refractivity contribution in [2.45, 2.75) is 0 Å². The lowest BCUT2D eigenvalue weighted by Gasteiger charge is -2.16. The van der Waals surface area contributed by atoms with Gasteiger partial charge in [0.05, 0.1) is 17.6 Å². The Bertz CT molecular complexity index is 906. The maximum absolute atomic E-state index is 4.77. The van der Waals surface area contributed by atoms with Gasteiger partial charge in [0, 0.05) is 24.1 Å². The van der Waals surface area contributed by atoms with Crippen molar-refractivity contribution in [3.05, 3.63) is 95.0 Å². The van der Waals surface area contributed by atoms with Gasteiger partial charge in [-0.3, -0.25) is 10.0 Å². The van der Waals surface area contributed by atoms with Gasteiger partial charge in [-0.15, -0.1) is 0 Å². The summed E-state index contributed by atoms with van der Waals surface area (Å²) in [5.74, 6) is 0. The highest BCUT2D eigenvalue weighted by Gasteiger charge is 2.06. The normalized spacial score (nSPS) is 11.6. The van der Waals surface area contributed by atoms with Crippen LogP contribution in [0.5, 0.6) is 0 Å². The summed E-state index contributed by atoms with van der Waals surface area (Å²) >= 11 is 3.48. The number of halogens is 1. The first kappa shape index (κ1) is 18.9. The molecule has 0 aliphatic rings. The molecule has 27 heavy (non-hydrogen) atoms.